The molecule has 0 saturated heterocycles. The molecule has 1 N–H and O–H groups in total. The molecular formula is C12H10FNO. The van der Waals surface area contributed by atoms with E-state index < -0.39 is 6.17 Å². The Morgan fingerprint density at radius 3 is 2.87 bits per heavy atom. The van der Waals surface area contributed by atoms with Gasteiger partial charge >= 0.3 is 0 Å². The quantitative estimate of drug-likeness (QED) is 0.759. The summed E-state index contributed by atoms with van der Waals surface area (Å²) in [5, 5.41) is 9.42. The molecule has 76 valence electrons. The lowest BCUT2D eigenvalue weighted by atomic mass is 10.1. The van der Waals surface area contributed by atoms with Crippen molar-refractivity contribution in [1.82, 2.24) is 4.98 Å². The summed E-state index contributed by atoms with van der Waals surface area (Å²) in [6, 6.07) is 9.00. The van der Waals surface area contributed by atoms with Crippen molar-refractivity contribution < 1.29 is 9.50 Å². The predicted molar refractivity (Wildman–Crippen MR) is 57.4 cm³/mol. The zero-order valence-electron chi connectivity index (χ0n) is 7.97. The Balaban J connectivity index is 2.60. The van der Waals surface area contributed by atoms with Crippen LogP contribution in [0.15, 0.2) is 48.9 Å². The van der Waals surface area contributed by atoms with Crippen LogP contribution < -0.4 is 0 Å². The highest BCUT2D eigenvalue weighted by Gasteiger charge is 2.10. The van der Waals surface area contributed by atoms with Crippen molar-refractivity contribution in [2.45, 2.75) is 6.17 Å². The highest BCUT2D eigenvalue weighted by Crippen LogP contribution is 2.25. The topological polar surface area (TPSA) is 33.1 Å². The van der Waals surface area contributed by atoms with Gasteiger partial charge in [0.15, 0.2) is 0 Å². The van der Waals surface area contributed by atoms with Crippen LogP contribution >= 0.6 is 0 Å². The molecule has 1 unspecified atom stereocenters. The van der Waals surface area contributed by atoms with Crippen molar-refractivity contribution in [2.75, 3.05) is 0 Å². The molecule has 0 amide bonds. The van der Waals surface area contributed by atoms with Crippen LogP contribution in [0.5, 0.6) is 0 Å². The molecule has 2 aromatic rings. The number of aliphatic hydroxyl groups is 1. The first-order chi connectivity index (χ1) is 7.33. The number of benzene rings is 1. The van der Waals surface area contributed by atoms with Gasteiger partial charge in [0.05, 0.1) is 11.8 Å². The van der Waals surface area contributed by atoms with Crippen molar-refractivity contribution in [2.24, 2.45) is 0 Å². The van der Waals surface area contributed by atoms with E-state index in [9.17, 15) is 4.39 Å². The van der Waals surface area contributed by atoms with Gasteiger partial charge in [0, 0.05) is 17.1 Å². The van der Waals surface area contributed by atoms with Crippen LogP contribution in [0.2, 0.25) is 0 Å². The lowest BCUT2D eigenvalue weighted by Gasteiger charge is -2.06. The van der Waals surface area contributed by atoms with Crippen molar-refractivity contribution >= 4 is 10.9 Å². The summed E-state index contributed by atoms with van der Waals surface area (Å²) in [4.78, 5) is 4.13. The number of allylic oxidation sites excluding steroid dienone is 1. The summed E-state index contributed by atoms with van der Waals surface area (Å²) in [6.07, 6.45) is 2.10. The number of halogens is 1. The fourth-order valence-corrected chi connectivity index (χ4v) is 1.53. The minimum atomic E-state index is -1.33. The second-order valence-electron chi connectivity index (χ2n) is 3.17. The number of nitrogens with zero attached hydrogens (tertiary/aromatic N) is 1. The van der Waals surface area contributed by atoms with Crippen LogP contribution in [0.4, 0.5) is 4.39 Å². The third-order valence-corrected chi connectivity index (χ3v) is 2.22. The third kappa shape index (κ3) is 1.81. The van der Waals surface area contributed by atoms with Crippen molar-refractivity contribution in [3.05, 3.63) is 54.4 Å². The maximum Gasteiger partial charge on any atom is 0.149 e. The molecule has 15 heavy (non-hydrogen) atoms. The van der Waals surface area contributed by atoms with E-state index in [4.69, 9.17) is 5.11 Å². The van der Waals surface area contributed by atoms with Gasteiger partial charge in [-0.25, -0.2) is 4.39 Å². The van der Waals surface area contributed by atoms with Crippen LogP contribution in [0.3, 0.4) is 0 Å². The van der Waals surface area contributed by atoms with Crippen LogP contribution in [-0.4, -0.2) is 10.1 Å². The van der Waals surface area contributed by atoms with Gasteiger partial charge in [-0.1, -0.05) is 24.3 Å². The minimum Gasteiger partial charge on any atom is -0.516 e. The van der Waals surface area contributed by atoms with Crippen molar-refractivity contribution in [3.8, 4) is 0 Å². The van der Waals surface area contributed by atoms with E-state index in [1.54, 1.807) is 24.4 Å². The summed E-state index contributed by atoms with van der Waals surface area (Å²) >= 11 is 0. The summed E-state index contributed by atoms with van der Waals surface area (Å²) in [6.45, 7) is 0. The molecule has 1 aromatic heterocycles. The van der Waals surface area contributed by atoms with Gasteiger partial charge in [0.1, 0.15) is 6.17 Å². The largest absolute Gasteiger partial charge is 0.516 e. The SMILES string of the molecule is O/C=C\C(F)c1cccc2cccnc12. The molecular weight excluding hydrogens is 193 g/mol. The van der Waals surface area contributed by atoms with Crippen LogP contribution in [0.25, 0.3) is 10.9 Å². The molecule has 0 fully saturated rings. The van der Waals surface area contributed by atoms with E-state index in [1.165, 1.54) is 0 Å². The fourth-order valence-electron chi connectivity index (χ4n) is 1.53. The summed E-state index contributed by atoms with van der Waals surface area (Å²) in [7, 11) is 0. The Morgan fingerprint density at radius 2 is 2.07 bits per heavy atom. The molecule has 0 spiro atoms. The molecule has 0 aliphatic rings. The first-order valence-electron chi connectivity index (χ1n) is 4.61. The van der Waals surface area contributed by atoms with Crippen LogP contribution in [0, 0.1) is 0 Å². The molecule has 1 heterocycles. The highest BCUT2D eigenvalue weighted by molar-refractivity contribution is 5.82. The minimum absolute atomic E-state index is 0.471. The lowest BCUT2D eigenvalue weighted by Crippen LogP contribution is -1.91. The zero-order valence-corrected chi connectivity index (χ0v) is 7.97. The number of para-hydroxylation sites is 1. The van der Waals surface area contributed by atoms with Gasteiger partial charge in [-0.05, 0) is 12.1 Å². The predicted octanol–water partition coefficient (Wildman–Crippen LogP) is 3.32. The molecule has 1 aromatic carbocycles. The maximum absolute atomic E-state index is 13.6. The molecule has 0 radical (unpaired) electrons. The summed E-state index contributed by atoms with van der Waals surface area (Å²) in [5.74, 6) is 0. The molecule has 2 nitrogen and oxygen atoms in total. The molecule has 1 atom stereocenters. The van der Waals surface area contributed by atoms with E-state index in [0.717, 1.165) is 11.5 Å². The van der Waals surface area contributed by atoms with Gasteiger partial charge in [-0.2, -0.15) is 0 Å². The number of hydrogen-bond acceptors (Lipinski definition) is 2. The van der Waals surface area contributed by atoms with Gasteiger partial charge in [-0.15, -0.1) is 0 Å². The van der Waals surface area contributed by atoms with Crippen LogP contribution in [-0.2, 0) is 0 Å². The normalized spacial score (nSPS) is 13.4. The Kier molecular flexibility index (Phi) is 2.63. The van der Waals surface area contributed by atoms with E-state index in [2.05, 4.69) is 4.98 Å². The molecule has 0 aliphatic heterocycles. The average Bonchev–Trinajstić information content (AvgIpc) is 2.28. The Morgan fingerprint density at radius 1 is 1.27 bits per heavy atom. The first-order valence-corrected chi connectivity index (χ1v) is 4.61. The van der Waals surface area contributed by atoms with Gasteiger partial charge in [0.2, 0.25) is 0 Å². The van der Waals surface area contributed by atoms with Crippen molar-refractivity contribution in [1.29, 1.82) is 0 Å². The number of hydrogen-bond donors (Lipinski definition) is 1. The second-order valence-corrected chi connectivity index (χ2v) is 3.17. The summed E-state index contributed by atoms with van der Waals surface area (Å²) in [5.41, 5.74) is 1.10. The van der Waals surface area contributed by atoms with Gasteiger partial charge < -0.3 is 5.11 Å². The van der Waals surface area contributed by atoms with Crippen molar-refractivity contribution in [3.63, 3.8) is 0 Å². The maximum atomic E-state index is 13.6. The van der Waals surface area contributed by atoms with Gasteiger partial charge in [-0.3, -0.25) is 4.98 Å². The van der Waals surface area contributed by atoms with Crippen LogP contribution in [0.1, 0.15) is 11.7 Å². The molecule has 0 aliphatic carbocycles. The lowest BCUT2D eigenvalue weighted by molar-refractivity contribution is 0.397. The smallest absolute Gasteiger partial charge is 0.149 e. The molecule has 0 saturated carbocycles. The number of aliphatic hydroxyl groups excluding tert-OH is 1. The van der Waals surface area contributed by atoms with Gasteiger partial charge in [0.25, 0.3) is 0 Å². The van der Waals surface area contributed by atoms with E-state index >= 15 is 0 Å². The number of alkyl halides is 1. The number of pyridine rings is 1. The monoisotopic (exact) mass is 203 g/mol. The number of fused-ring (bicyclic) bond motifs is 1. The Labute approximate surface area is 86.7 Å². The zero-order chi connectivity index (χ0) is 10.7. The van der Waals surface area contributed by atoms with E-state index in [0.29, 0.717) is 17.3 Å². The molecule has 0 bridgehead atoms. The summed E-state index contributed by atoms with van der Waals surface area (Å²) < 4.78 is 13.6. The molecule has 2 rings (SSSR count). The van der Waals surface area contributed by atoms with E-state index in [-0.39, 0.29) is 0 Å². The van der Waals surface area contributed by atoms with E-state index in [1.807, 2.05) is 12.1 Å². The highest BCUT2D eigenvalue weighted by atomic mass is 19.1. The first kappa shape index (κ1) is 9.65. The Hall–Kier alpha value is -1.90. The Bertz CT molecular complexity index is 490. The number of aromatic nitrogens is 1. The average molecular weight is 203 g/mol. The fraction of sp³-hybridized carbons (Fsp3) is 0.0833. The molecule has 3 heteroatoms. The standard InChI is InChI=1S/C12H10FNO/c13-11(6-8-15)10-5-1-3-9-4-2-7-14-12(9)10/h1-8,11,15H/b8-6-. The number of rotatable bonds is 2. The third-order valence-electron chi connectivity index (χ3n) is 2.22. The second kappa shape index (κ2) is 4.09.